The molecule has 2 unspecified atom stereocenters. The summed E-state index contributed by atoms with van der Waals surface area (Å²) in [4.78, 5) is 36.1. The molecule has 2 amide bonds. The fourth-order valence-corrected chi connectivity index (χ4v) is 4.12. The summed E-state index contributed by atoms with van der Waals surface area (Å²) in [5, 5.41) is 14.5. The van der Waals surface area contributed by atoms with Crippen LogP contribution in [0.2, 0.25) is 0 Å². The van der Waals surface area contributed by atoms with Crippen molar-refractivity contribution >= 4 is 18.0 Å². The second-order valence-corrected chi connectivity index (χ2v) is 8.74. The van der Waals surface area contributed by atoms with Gasteiger partial charge in [0.15, 0.2) is 0 Å². The predicted octanol–water partition coefficient (Wildman–Crippen LogP) is 3.86. The maximum absolute atomic E-state index is 12.4. The SMILES string of the molecule is COC(CNC(=O)OCC1c2ccccc2-c2ccccc21)CC(=O)NC(CC=C(C)C)C(=O)O. The van der Waals surface area contributed by atoms with Crippen LogP contribution in [-0.2, 0) is 19.1 Å². The second-order valence-electron chi connectivity index (χ2n) is 8.74. The van der Waals surface area contributed by atoms with Crippen LogP contribution in [-0.4, -0.2) is 55.5 Å². The third-order valence-corrected chi connectivity index (χ3v) is 5.96. The topological polar surface area (TPSA) is 114 Å². The molecule has 3 N–H and O–H groups in total. The third-order valence-electron chi connectivity index (χ3n) is 5.96. The van der Waals surface area contributed by atoms with Crippen molar-refractivity contribution in [3.05, 3.63) is 71.3 Å². The Morgan fingerprint density at radius 3 is 2.17 bits per heavy atom. The van der Waals surface area contributed by atoms with E-state index in [0.29, 0.717) is 0 Å². The molecule has 1 aliphatic carbocycles. The number of benzene rings is 2. The number of carbonyl (C=O) groups is 3. The molecule has 186 valence electrons. The molecule has 8 nitrogen and oxygen atoms in total. The summed E-state index contributed by atoms with van der Waals surface area (Å²) < 4.78 is 10.8. The van der Waals surface area contributed by atoms with Crippen LogP contribution in [0.4, 0.5) is 4.79 Å². The maximum atomic E-state index is 12.4. The normalized spacial score (nSPS) is 13.7. The molecule has 2 aromatic carbocycles. The highest BCUT2D eigenvalue weighted by molar-refractivity contribution is 5.84. The van der Waals surface area contributed by atoms with Crippen LogP contribution < -0.4 is 10.6 Å². The highest BCUT2D eigenvalue weighted by atomic mass is 16.5. The summed E-state index contributed by atoms with van der Waals surface area (Å²) in [6.45, 7) is 3.95. The quantitative estimate of drug-likeness (QED) is 0.421. The van der Waals surface area contributed by atoms with E-state index in [1.54, 1.807) is 6.08 Å². The van der Waals surface area contributed by atoms with Crippen LogP contribution in [0.15, 0.2) is 60.2 Å². The third kappa shape index (κ3) is 6.93. The Kier molecular flexibility index (Phi) is 9.03. The Balaban J connectivity index is 1.49. The summed E-state index contributed by atoms with van der Waals surface area (Å²) in [5.74, 6) is -1.63. The van der Waals surface area contributed by atoms with Gasteiger partial charge in [0.05, 0.1) is 12.5 Å². The van der Waals surface area contributed by atoms with Gasteiger partial charge >= 0.3 is 12.1 Å². The van der Waals surface area contributed by atoms with Gasteiger partial charge in [0, 0.05) is 19.6 Å². The molecular weight excluding hydrogens is 448 g/mol. The minimum Gasteiger partial charge on any atom is -0.480 e. The molecule has 0 radical (unpaired) electrons. The zero-order chi connectivity index (χ0) is 25.4. The number of ether oxygens (including phenoxy) is 2. The maximum Gasteiger partial charge on any atom is 0.407 e. The van der Waals surface area contributed by atoms with Gasteiger partial charge in [0.25, 0.3) is 0 Å². The van der Waals surface area contributed by atoms with Crippen molar-refractivity contribution in [2.45, 2.75) is 44.8 Å². The highest BCUT2D eigenvalue weighted by Crippen LogP contribution is 2.44. The molecular formula is C27H32N2O6. The average Bonchev–Trinajstić information content (AvgIpc) is 3.16. The molecule has 35 heavy (non-hydrogen) atoms. The molecule has 0 aromatic heterocycles. The molecule has 3 rings (SSSR count). The zero-order valence-corrected chi connectivity index (χ0v) is 20.2. The first-order valence-corrected chi connectivity index (χ1v) is 11.6. The Morgan fingerprint density at radius 2 is 1.63 bits per heavy atom. The smallest absolute Gasteiger partial charge is 0.407 e. The molecule has 2 atom stereocenters. The van der Waals surface area contributed by atoms with E-state index >= 15 is 0 Å². The number of nitrogens with one attached hydrogen (secondary N) is 2. The monoisotopic (exact) mass is 480 g/mol. The van der Waals surface area contributed by atoms with Crippen molar-refractivity contribution in [2.75, 3.05) is 20.3 Å². The fraction of sp³-hybridized carbons (Fsp3) is 0.370. The van der Waals surface area contributed by atoms with Gasteiger partial charge in [-0.15, -0.1) is 0 Å². The second kappa shape index (κ2) is 12.2. The van der Waals surface area contributed by atoms with E-state index in [-0.39, 0.29) is 31.9 Å². The summed E-state index contributed by atoms with van der Waals surface area (Å²) in [5.41, 5.74) is 5.49. The number of carboxylic acids is 1. The fourth-order valence-electron chi connectivity index (χ4n) is 4.12. The van der Waals surface area contributed by atoms with Gasteiger partial charge < -0.3 is 25.2 Å². The van der Waals surface area contributed by atoms with Crippen LogP contribution in [0.5, 0.6) is 0 Å². The van der Waals surface area contributed by atoms with E-state index < -0.39 is 30.1 Å². The number of carbonyl (C=O) groups excluding carboxylic acids is 2. The van der Waals surface area contributed by atoms with Crippen LogP contribution >= 0.6 is 0 Å². The number of methoxy groups -OCH3 is 1. The van der Waals surface area contributed by atoms with E-state index in [9.17, 15) is 19.5 Å². The Bertz CT molecular complexity index is 1050. The summed E-state index contributed by atoms with van der Waals surface area (Å²) in [7, 11) is 1.43. The van der Waals surface area contributed by atoms with E-state index in [0.717, 1.165) is 27.8 Å². The molecule has 0 bridgehead atoms. The lowest BCUT2D eigenvalue weighted by Gasteiger charge is -2.19. The van der Waals surface area contributed by atoms with E-state index in [1.807, 2.05) is 50.2 Å². The molecule has 0 saturated heterocycles. The Morgan fingerprint density at radius 1 is 1.03 bits per heavy atom. The summed E-state index contributed by atoms with van der Waals surface area (Å²) in [6.07, 6.45) is 0.610. The van der Waals surface area contributed by atoms with Crippen molar-refractivity contribution in [2.24, 2.45) is 0 Å². The first kappa shape index (κ1) is 26.0. The van der Waals surface area contributed by atoms with Crippen molar-refractivity contribution in [1.29, 1.82) is 0 Å². The molecule has 8 heteroatoms. The van der Waals surface area contributed by atoms with Crippen LogP contribution in [0, 0.1) is 0 Å². The predicted molar refractivity (Wildman–Crippen MR) is 132 cm³/mol. The number of aliphatic carboxylic acids is 1. The van der Waals surface area contributed by atoms with E-state index in [1.165, 1.54) is 7.11 Å². The highest BCUT2D eigenvalue weighted by Gasteiger charge is 2.29. The van der Waals surface area contributed by atoms with E-state index in [2.05, 4.69) is 22.8 Å². The lowest BCUT2D eigenvalue weighted by molar-refractivity contribution is -0.142. The standard InChI is InChI=1S/C27H32N2O6/c1-17(2)12-13-24(26(31)32)29-25(30)14-18(34-3)15-28-27(33)35-16-23-21-10-6-4-8-19(21)20-9-5-7-11-22(20)23/h4-12,18,23-24H,13-16H2,1-3H3,(H,28,33)(H,29,30)(H,31,32). The molecule has 2 aromatic rings. The minimum atomic E-state index is -1.11. The molecule has 0 aliphatic heterocycles. The van der Waals surface area contributed by atoms with E-state index in [4.69, 9.17) is 9.47 Å². The van der Waals surface area contributed by atoms with Crippen LogP contribution in [0.3, 0.4) is 0 Å². The first-order chi connectivity index (χ1) is 16.8. The number of carboxylic acid groups (broad SMARTS) is 1. The number of hydrogen-bond donors (Lipinski definition) is 3. The number of amides is 2. The lowest BCUT2D eigenvalue weighted by Crippen LogP contribution is -2.43. The summed E-state index contributed by atoms with van der Waals surface area (Å²) in [6, 6.07) is 15.1. The van der Waals surface area contributed by atoms with Crippen LogP contribution in [0.1, 0.15) is 43.7 Å². The Hall–Kier alpha value is -3.65. The minimum absolute atomic E-state index is 0.0479. The number of fused-ring (bicyclic) bond motifs is 3. The van der Waals surface area contributed by atoms with Gasteiger partial charge in [-0.3, -0.25) is 4.79 Å². The molecule has 0 heterocycles. The van der Waals surface area contributed by atoms with Crippen molar-refractivity contribution in [3.8, 4) is 11.1 Å². The number of hydrogen-bond acceptors (Lipinski definition) is 5. The van der Waals surface area contributed by atoms with Gasteiger partial charge in [0.1, 0.15) is 12.6 Å². The molecule has 0 fully saturated rings. The van der Waals surface area contributed by atoms with Gasteiger partial charge in [0.2, 0.25) is 5.91 Å². The number of alkyl carbamates (subject to hydrolysis) is 1. The number of allylic oxidation sites excluding steroid dienone is 1. The van der Waals surface area contributed by atoms with Crippen molar-refractivity contribution < 1.29 is 29.0 Å². The largest absolute Gasteiger partial charge is 0.480 e. The van der Waals surface area contributed by atoms with Gasteiger partial charge in [-0.2, -0.15) is 0 Å². The van der Waals surface area contributed by atoms with Gasteiger partial charge in [-0.1, -0.05) is 60.2 Å². The van der Waals surface area contributed by atoms with Gasteiger partial charge in [-0.05, 0) is 42.5 Å². The van der Waals surface area contributed by atoms with Crippen LogP contribution in [0.25, 0.3) is 11.1 Å². The van der Waals surface area contributed by atoms with Crippen molar-refractivity contribution in [1.82, 2.24) is 10.6 Å². The Labute approximate surface area is 205 Å². The van der Waals surface area contributed by atoms with Gasteiger partial charge in [-0.25, -0.2) is 9.59 Å². The average molecular weight is 481 g/mol. The van der Waals surface area contributed by atoms with Crippen molar-refractivity contribution in [3.63, 3.8) is 0 Å². The molecule has 0 spiro atoms. The number of rotatable bonds is 11. The zero-order valence-electron chi connectivity index (χ0n) is 20.2. The summed E-state index contributed by atoms with van der Waals surface area (Å²) >= 11 is 0. The lowest BCUT2D eigenvalue weighted by atomic mass is 9.98. The molecule has 1 aliphatic rings. The first-order valence-electron chi connectivity index (χ1n) is 11.6. The molecule has 0 saturated carbocycles.